The van der Waals surface area contributed by atoms with Crippen molar-refractivity contribution in [2.24, 2.45) is 0 Å². The van der Waals surface area contributed by atoms with Gasteiger partial charge in [0.1, 0.15) is 18.1 Å². The van der Waals surface area contributed by atoms with E-state index in [0.717, 1.165) is 33.8 Å². The maximum atomic E-state index is 11.9. The third-order valence-electron chi connectivity index (χ3n) is 4.44. The Morgan fingerprint density at radius 1 is 1.11 bits per heavy atom. The first-order valence-corrected chi connectivity index (χ1v) is 8.50. The summed E-state index contributed by atoms with van der Waals surface area (Å²) in [5.41, 5.74) is 4.14. The van der Waals surface area contributed by atoms with E-state index in [2.05, 4.69) is 15.5 Å². The van der Waals surface area contributed by atoms with E-state index in [1.54, 1.807) is 6.26 Å². The zero-order valence-electron chi connectivity index (χ0n) is 15.0. The van der Waals surface area contributed by atoms with Crippen molar-refractivity contribution in [1.29, 1.82) is 0 Å². The molecular weight excluding hydrogens is 344 g/mol. The van der Waals surface area contributed by atoms with Crippen LogP contribution in [-0.4, -0.2) is 20.2 Å². The van der Waals surface area contributed by atoms with Crippen LogP contribution in [0.3, 0.4) is 0 Å². The Labute approximate surface area is 155 Å². The van der Waals surface area contributed by atoms with Gasteiger partial charge in [0.05, 0.1) is 12.0 Å². The highest BCUT2D eigenvalue weighted by atomic mass is 16.5. The van der Waals surface area contributed by atoms with Crippen LogP contribution in [0.1, 0.15) is 16.7 Å². The molecule has 0 spiro atoms. The first kappa shape index (κ1) is 16.8. The number of aryl methyl sites for hydroxylation is 2. The van der Waals surface area contributed by atoms with Crippen LogP contribution in [0.2, 0.25) is 0 Å². The number of ether oxygens (including phenoxy) is 1. The lowest BCUT2D eigenvalue weighted by Gasteiger charge is -2.14. The summed E-state index contributed by atoms with van der Waals surface area (Å²) in [6.07, 6.45) is 1.65. The number of rotatable bonds is 5. The van der Waals surface area contributed by atoms with Gasteiger partial charge in [-0.1, -0.05) is 12.1 Å². The Morgan fingerprint density at radius 2 is 2.00 bits per heavy atom. The summed E-state index contributed by atoms with van der Waals surface area (Å²) in [6, 6.07) is 15.4. The van der Waals surface area contributed by atoms with E-state index in [1.807, 2.05) is 62.4 Å². The highest BCUT2D eigenvalue weighted by Gasteiger charge is 2.13. The van der Waals surface area contributed by atoms with Crippen LogP contribution < -0.4 is 10.4 Å². The Kier molecular flexibility index (Phi) is 4.33. The van der Waals surface area contributed by atoms with E-state index in [-0.39, 0.29) is 5.69 Å². The largest absolute Gasteiger partial charge is 0.489 e. The van der Waals surface area contributed by atoms with Crippen LogP contribution in [-0.2, 0) is 6.61 Å². The lowest BCUT2D eigenvalue weighted by molar-refractivity contribution is 0.302. The number of benzene rings is 2. The van der Waals surface area contributed by atoms with Gasteiger partial charge in [0.15, 0.2) is 0 Å². The maximum Gasteiger partial charge on any atom is 0.365 e. The standard InChI is InChI=1S/C20H18N4O3/c1-13-5-3-6-17(24-20(25)21-22-23-24)16(13)12-27-18-9-8-15(11-14(18)2)19-7-4-10-26-19/h3-11H,12H2,1-2H3,(H,21,23,25). The zero-order chi connectivity index (χ0) is 18.8. The summed E-state index contributed by atoms with van der Waals surface area (Å²) < 4.78 is 12.7. The molecule has 0 atom stereocenters. The van der Waals surface area contributed by atoms with E-state index >= 15 is 0 Å². The Bertz CT molecular complexity index is 1130. The molecular formula is C20H18N4O3. The van der Waals surface area contributed by atoms with Crippen molar-refractivity contribution in [3.63, 3.8) is 0 Å². The van der Waals surface area contributed by atoms with Crippen molar-refractivity contribution < 1.29 is 9.15 Å². The summed E-state index contributed by atoms with van der Waals surface area (Å²) in [5, 5.41) is 9.71. The smallest absolute Gasteiger partial charge is 0.365 e. The normalized spacial score (nSPS) is 10.9. The third kappa shape index (κ3) is 3.27. The predicted molar refractivity (Wildman–Crippen MR) is 99.9 cm³/mol. The van der Waals surface area contributed by atoms with Crippen LogP contribution in [0.15, 0.2) is 64.0 Å². The topological polar surface area (TPSA) is 85.9 Å². The van der Waals surface area contributed by atoms with Crippen molar-refractivity contribution in [2.45, 2.75) is 20.5 Å². The fraction of sp³-hybridized carbons (Fsp3) is 0.150. The van der Waals surface area contributed by atoms with Gasteiger partial charge in [-0.25, -0.2) is 9.89 Å². The molecule has 0 bridgehead atoms. The highest BCUT2D eigenvalue weighted by molar-refractivity contribution is 5.60. The molecule has 0 amide bonds. The molecule has 2 heterocycles. The molecule has 7 heteroatoms. The molecule has 7 nitrogen and oxygen atoms in total. The van der Waals surface area contributed by atoms with E-state index in [1.165, 1.54) is 4.68 Å². The van der Waals surface area contributed by atoms with Crippen molar-refractivity contribution in [1.82, 2.24) is 20.2 Å². The third-order valence-corrected chi connectivity index (χ3v) is 4.44. The lowest BCUT2D eigenvalue weighted by Crippen LogP contribution is -2.18. The molecule has 0 fully saturated rings. The number of aromatic amines is 1. The highest BCUT2D eigenvalue weighted by Crippen LogP contribution is 2.28. The summed E-state index contributed by atoms with van der Waals surface area (Å²) >= 11 is 0. The second kappa shape index (κ2) is 6.95. The Morgan fingerprint density at radius 3 is 2.70 bits per heavy atom. The Hall–Kier alpha value is -3.61. The molecule has 0 aliphatic carbocycles. The van der Waals surface area contributed by atoms with Gasteiger partial charge in [-0.2, -0.15) is 4.68 Å². The summed E-state index contributed by atoms with van der Waals surface area (Å²) in [7, 11) is 0. The molecule has 136 valence electrons. The average Bonchev–Trinajstić information content (AvgIpc) is 3.33. The minimum Gasteiger partial charge on any atom is -0.489 e. The second-order valence-electron chi connectivity index (χ2n) is 6.24. The second-order valence-corrected chi connectivity index (χ2v) is 6.24. The SMILES string of the molecule is Cc1cc(-c2ccco2)ccc1OCc1c(C)cccc1-n1nn[nH]c1=O. The van der Waals surface area contributed by atoms with E-state index in [0.29, 0.717) is 12.3 Å². The van der Waals surface area contributed by atoms with Crippen molar-refractivity contribution in [3.8, 4) is 22.8 Å². The summed E-state index contributed by atoms with van der Waals surface area (Å²) in [5.74, 6) is 1.59. The van der Waals surface area contributed by atoms with Gasteiger partial charge in [-0.05, 0) is 71.8 Å². The molecule has 4 rings (SSSR count). The minimum absolute atomic E-state index is 0.308. The molecule has 0 saturated carbocycles. The van der Waals surface area contributed by atoms with Gasteiger partial charge in [-0.15, -0.1) is 0 Å². The molecule has 2 aromatic heterocycles. The number of aromatic nitrogens is 4. The molecule has 0 radical (unpaired) electrons. The van der Waals surface area contributed by atoms with Gasteiger partial charge in [0, 0.05) is 11.1 Å². The van der Waals surface area contributed by atoms with Gasteiger partial charge < -0.3 is 9.15 Å². The lowest BCUT2D eigenvalue weighted by atomic mass is 10.1. The predicted octanol–water partition coefficient (Wildman–Crippen LogP) is 3.41. The van der Waals surface area contributed by atoms with Gasteiger partial charge in [0.2, 0.25) is 0 Å². The molecule has 4 aromatic rings. The fourth-order valence-electron chi connectivity index (χ4n) is 2.99. The van der Waals surface area contributed by atoms with E-state index in [9.17, 15) is 4.79 Å². The maximum absolute atomic E-state index is 11.9. The number of hydrogen-bond donors (Lipinski definition) is 1. The monoisotopic (exact) mass is 362 g/mol. The van der Waals surface area contributed by atoms with Crippen LogP contribution in [0.25, 0.3) is 17.0 Å². The van der Waals surface area contributed by atoms with Crippen LogP contribution >= 0.6 is 0 Å². The van der Waals surface area contributed by atoms with Gasteiger partial charge in [-0.3, -0.25) is 0 Å². The number of tetrazole rings is 1. The number of nitrogens with zero attached hydrogens (tertiary/aromatic N) is 3. The van der Waals surface area contributed by atoms with E-state index < -0.39 is 0 Å². The Balaban J connectivity index is 1.61. The molecule has 0 unspecified atom stereocenters. The minimum atomic E-state index is -0.388. The number of nitrogens with one attached hydrogen (secondary N) is 1. The molecule has 0 aliphatic heterocycles. The molecule has 1 N–H and O–H groups in total. The summed E-state index contributed by atoms with van der Waals surface area (Å²) in [4.78, 5) is 11.9. The van der Waals surface area contributed by atoms with Crippen molar-refractivity contribution in [2.75, 3.05) is 0 Å². The van der Waals surface area contributed by atoms with E-state index in [4.69, 9.17) is 9.15 Å². The van der Waals surface area contributed by atoms with Crippen molar-refractivity contribution in [3.05, 3.63) is 82.0 Å². The quantitative estimate of drug-likeness (QED) is 0.588. The first-order chi connectivity index (χ1) is 13.1. The van der Waals surface area contributed by atoms with Crippen molar-refractivity contribution >= 4 is 0 Å². The summed E-state index contributed by atoms with van der Waals surface area (Å²) in [6.45, 7) is 4.27. The molecule has 0 aliphatic rings. The number of H-pyrrole nitrogens is 1. The van der Waals surface area contributed by atoms with Crippen LogP contribution in [0.4, 0.5) is 0 Å². The average molecular weight is 362 g/mol. The molecule has 0 saturated heterocycles. The van der Waals surface area contributed by atoms with Gasteiger partial charge >= 0.3 is 5.69 Å². The zero-order valence-corrected chi connectivity index (χ0v) is 15.0. The number of furan rings is 1. The van der Waals surface area contributed by atoms with Crippen LogP contribution in [0.5, 0.6) is 5.75 Å². The fourth-order valence-corrected chi connectivity index (χ4v) is 2.99. The molecule has 2 aromatic carbocycles. The first-order valence-electron chi connectivity index (χ1n) is 8.50. The van der Waals surface area contributed by atoms with Gasteiger partial charge in [0.25, 0.3) is 0 Å². The molecule has 27 heavy (non-hydrogen) atoms. The number of hydrogen-bond acceptors (Lipinski definition) is 5. The van der Waals surface area contributed by atoms with Crippen LogP contribution in [0, 0.1) is 13.8 Å².